The molecule has 21 heavy (non-hydrogen) atoms. The standard InChI is InChI=1S/C16H24N4O/c1-19-15-6-3-2-5-14(15)18-16(19)20-10-7-13(8-11-20)21-12-4-9-17/h2-3,5-6,13H,4,7-12,17H2,1H3. The molecule has 0 saturated carbocycles. The second-order valence-electron chi connectivity index (χ2n) is 5.66. The van der Waals surface area contributed by atoms with Crippen LogP contribution < -0.4 is 10.6 Å². The predicted molar refractivity (Wildman–Crippen MR) is 85.6 cm³/mol. The van der Waals surface area contributed by atoms with Crippen LogP contribution in [0.15, 0.2) is 24.3 Å². The van der Waals surface area contributed by atoms with Crippen LogP contribution in [0.5, 0.6) is 0 Å². The minimum absolute atomic E-state index is 0.377. The molecule has 1 aromatic heterocycles. The smallest absolute Gasteiger partial charge is 0.206 e. The highest BCUT2D eigenvalue weighted by Gasteiger charge is 2.22. The van der Waals surface area contributed by atoms with Crippen molar-refractivity contribution < 1.29 is 4.74 Å². The van der Waals surface area contributed by atoms with Crippen LogP contribution in [0.3, 0.4) is 0 Å². The van der Waals surface area contributed by atoms with E-state index in [1.807, 2.05) is 6.07 Å². The molecule has 1 saturated heterocycles. The van der Waals surface area contributed by atoms with E-state index < -0.39 is 0 Å². The predicted octanol–water partition coefficient (Wildman–Crippen LogP) is 1.91. The second kappa shape index (κ2) is 6.45. The number of hydrogen-bond acceptors (Lipinski definition) is 4. The van der Waals surface area contributed by atoms with E-state index in [2.05, 4.69) is 34.7 Å². The summed E-state index contributed by atoms with van der Waals surface area (Å²) in [5, 5.41) is 0. The van der Waals surface area contributed by atoms with Gasteiger partial charge in [-0.05, 0) is 37.9 Å². The van der Waals surface area contributed by atoms with Crippen molar-refractivity contribution in [2.45, 2.75) is 25.4 Å². The van der Waals surface area contributed by atoms with Crippen molar-refractivity contribution in [2.24, 2.45) is 12.8 Å². The third kappa shape index (κ3) is 3.04. The summed E-state index contributed by atoms with van der Waals surface area (Å²) in [5.74, 6) is 1.07. The number of aromatic nitrogens is 2. The summed E-state index contributed by atoms with van der Waals surface area (Å²) in [4.78, 5) is 7.13. The number of hydrogen-bond donors (Lipinski definition) is 1. The quantitative estimate of drug-likeness (QED) is 0.854. The topological polar surface area (TPSA) is 56.3 Å². The largest absolute Gasteiger partial charge is 0.378 e. The van der Waals surface area contributed by atoms with Gasteiger partial charge in [0.2, 0.25) is 5.95 Å². The zero-order valence-corrected chi connectivity index (χ0v) is 12.7. The van der Waals surface area contributed by atoms with Crippen molar-refractivity contribution in [3.05, 3.63) is 24.3 Å². The van der Waals surface area contributed by atoms with Gasteiger partial charge in [-0.2, -0.15) is 0 Å². The van der Waals surface area contributed by atoms with E-state index in [9.17, 15) is 0 Å². The highest BCUT2D eigenvalue weighted by molar-refractivity contribution is 5.78. The first-order chi connectivity index (χ1) is 10.3. The number of ether oxygens (including phenoxy) is 1. The molecule has 0 bridgehead atoms. The van der Waals surface area contributed by atoms with Crippen molar-refractivity contribution in [3.63, 3.8) is 0 Å². The SMILES string of the molecule is Cn1c(N2CCC(OCCCN)CC2)nc2ccccc21. The Morgan fingerprint density at radius 3 is 2.76 bits per heavy atom. The molecule has 5 heteroatoms. The summed E-state index contributed by atoms with van der Waals surface area (Å²) in [5.41, 5.74) is 7.75. The van der Waals surface area contributed by atoms with E-state index in [0.29, 0.717) is 12.6 Å². The van der Waals surface area contributed by atoms with Gasteiger partial charge in [0.25, 0.3) is 0 Å². The Hall–Kier alpha value is -1.59. The molecule has 0 amide bonds. The fraction of sp³-hybridized carbons (Fsp3) is 0.562. The molecule has 0 aliphatic carbocycles. The number of rotatable bonds is 5. The number of imidazole rings is 1. The van der Waals surface area contributed by atoms with Gasteiger partial charge in [-0.1, -0.05) is 12.1 Å². The Labute approximate surface area is 125 Å². The van der Waals surface area contributed by atoms with Crippen molar-refractivity contribution in [3.8, 4) is 0 Å². The third-order valence-electron chi connectivity index (χ3n) is 4.19. The molecule has 114 valence electrons. The number of aryl methyl sites for hydroxylation is 1. The number of piperidine rings is 1. The highest BCUT2D eigenvalue weighted by atomic mass is 16.5. The monoisotopic (exact) mass is 288 g/mol. The zero-order chi connectivity index (χ0) is 14.7. The molecule has 2 heterocycles. The van der Waals surface area contributed by atoms with Crippen molar-refractivity contribution in [1.29, 1.82) is 0 Å². The van der Waals surface area contributed by atoms with Crippen LogP contribution in [0.25, 0.3) is 11.0 Å². The molecule has 1 aromatic carbocycles. The molecule has 0 unspecified atom stereocenters. The van der Waals surface area contributed by atoms with E-state index in [0.717, 1.165) is 50.4 Å². The van der Waals surface area contributed by atoms with Gasteiger partial charge < -0.3 is 19.9 Å². The maximum atomic E-state index is 5.86. The molecule has 2 aromatic rings. The van der Waals surface area contributed by atoms with E-state index >= 15 is 0 Å². The molecule has 5 nitrogen and oxygen atoms in total. The average Bonchev–Trinajstić information content (AvgIpc) is 2.86. The lowest BCUT2D eigenvalue weighted by Crippen LogP contribution is -2.38. The van der Waals surface area contributed by atoms with E-state index in [-0.39, 0.29) is 0 Å². The Balaban J connectivity index is 1.64. The van der Waals surface area contributed by atoms with Crippen LogP contribution >= 0.6 is 0 Å². The first-order valence-electron chi connectivity index (χ1n) is 7.77. The van der Waals surface area contributed by atoms with E-state index in [1.165, 1.54) is 5.52 Å². The number of nitrogens with two attached hydrogens (primary N) is 1. The van der Waals surface area contributed by atoms with Gasteiger partial charge in [0.05, 0.1) is 17.1 Å². The minimum atomic E-state index is 0.377. The highest BCUT2D eigenvalue weighted by Crippen LogP contribution is 2.24. The summed E-state index contributed by atoms with van der Waals surface area (Å²) in [6.45, 7) is 3.50. The van der Waals surface area contributed by atoms with Gasteiger partial charge in [0.1, 0.15) is 0 Å². The molecule has 3 rings (SSSR count). The molecule has 0 atom stereocenters. The van der Waals surface area contributed by atoms with Gasteiger partial charge >= 0.3 is 0 Å². The van der Waals surface area contributed by atoms with Crippen LogP contribution in [0.1, 0.15) is 19.3 Å². The van der Waals surface area contributed by atoms with Crippen LogP contribution in [-0.4, -0.2) is 41.9 Å². The van der Waals surface area contributed by atoms with Crippen molar-refractivity contribution in [1.82, 2.24) is 9.55 Å². The number of nitrogens with zero attached hydrogens (tertiary/aromatic N) is 3. The van der Waals surface area contributed by atoms with Crippen LogP contribution in [-0.2, 0) is 11.8 Å². The van der Waals surface area contributed by atoms with Crippen LogP contribution in [0.2, 0.25) is 0 Å². The molecule has 0 radical (unpaired) electrons. The molecular weight excluding hydrogens is 264 g/mol. The zero-order valence-electron chi connectivity index (χ0n) is 12.7. The number of fused-ring (bicyclic) bond motifs is 1. The lowest BCUT2D eigenvalue weighted by atomic mass is 10.1. The summed E-state index contributed by atoms with van der Waals surface area (Å²) in [7, 11) is 2.09. The first kappa shape index (κ1) is 14.4. The summed E-state index contributed by atoms with van der Waals surface area (Å²) in [6, 6.07) is 8.29. The van der Waals surface area contributed by atoms with E-state index in [4.69, 9.17) is 15.5 Å². The Kier molecular flexibility index (Phi) is 4.41. The van der Waals surface area contributed by atoms with Crippen molar-refractivity contribution >= 4 is 17.0 Å². The molecule has 1 fully saturated rings. The minimum Gasteiger partial charge on any atom is -0.378 e. The number of anilines is 1. The summed E-state index contributed by atoms with van der Waals surface area (Å²) in [6.07, 6.45) is 3.45. The van der Waals surface area contributed by atoms with Crippen LogP contribution in [0.4, 0.5) is 5.95 Å². The van der Waals surface area contributed by atoms with Gasteiger partial charge in [-0.25, -0.2) is 4.98 Å². The summed E-state index contributed by atoms with van der Waals surface area (Å²) < 4.78 is 8.05. The van der Waals surface area contributed by atoms with Crippen LogP contribution in [0, 0.1) is 0 Å². The molecule has 2 N–H and O–H groups in total. The lowest BCUT2D eigenvalue weighted by Gasteiger charge is -2.32. The third-order valence-corrected chi connectivity index (χ3v) is 4.19. The van der Waals surface area contributed by atoms with Gasteiger partial charge in [0.15, 0.2) is 0 Å². The fourth-order valence-corrected chi connectivity index (χ4v) is 2.97. The normalized spacial score (nSPS) is 16.8. The molecule has 1 aliphatic rings. The Bertz CT molecular complexity index is 587. The number of para-hydroxylation sites is 2. The Morgan fingerprint density at radius 2 is 2.05 bits per heavy atom. The van der Waals surface area contributed by atoms with Gasteiger partial charge in [0, 0.05) is 26.7 Å². The van der Waals surface area contributed by atoms with E-state index in [1.54, 1.807) is 0 Å². The first-order valence-corrected chi connectivity index (χ1v) is 7.77. The Morgan fingerprint density at radius 1 is 1.29 bits per heavy atom. The van der Waals surface area contributed by atoms with Crippen molar-refractivity contribution in [2.75, 3.05) is 31.1 Å². The van der Waals surface area contributed by atoms with Gasteiger partial charge in [-0.3, -0.25) is 0 Å². The molecule has 0 spiro atoms. The molecular formula is C16H24N4O. The second-order valence-corrected chi connectivity index (χ2v) is 5.66. The fourth-order valence-electron chi connectivity index (χ4n) is 2.97. The molecule has 1 aliphatic heterocycles. The lowest BCUT2D eigenvalue weighted by molar-refractivity contribution is 0.0364. The summed E-state index contributed by atoms with van der Waals surface area (Å²) >= 11 is 0. The maximum absolute atomic E-state index is 5.86. The van der Waals surface area contributed by atoms with Gasteiger partial charge in [-0.15, -0.1) is 0 Å². The average molecular weight is 288 g/mol. The maximum Gasteiger partial charge on any atom is 0.206 e. The number of benzene rings is 1.